The van der Waals surface area contributed by atoms with Crippen LogP contribution in [0.4, 0.5) is 0 Å². The van der Waals surface area contributed by atoms with Crippen molar-refractivity contribution < 1.29 is 28.6 Å². The number of rotatable bonds is 58. The second kappa shape index (κ2) is 65.3. The minimum Gasteiger partial charge on any atom is -0.462 e. The van der Waals surface area contributed by atoms with E-state index in [2.05, 4.69) is 142 Å². The van der Waals surface area contributed by atoms with E-state index in [-0.39, 0.29) is 37.5 Å². The first-order chi connectivity index (χ1) is 38.5. The first-order valence-corrected chi connectivity index (χ1v) is 32.5. The molecule has 1 unspecified atom stereocenters. The zero-order chi connectivity index (χ0) is 56.4. The van der Waals surface area contributed by atoms with Crippen molar-refractivity contribution in [2.24, 2.45) is 0 Å². The molecule has 0 aliphatic carbocycles. The van der Waals surface area contributed by atoms with Crippen molar-refractivity contribution in [3.05, 3.63) is 122 Å². The van der Waals surface area contributed by atoms with E-state index in [4.69, 9.17) is 14.2 Å². The van der Waals surface area contributed by atoms with Crippen LogP contribution in [0.2, 0.25) is 0 Å². The van der Waals surface area contributed by atoms with Gasteiger partial charge in [0.25, 0.3) is 0 Å². The van der Waals surface area contributed by atoms with E-state index in [9.17, 15) is 14.4 Å². The Balaban J connectivity index is 4.42. The van der Waals surface area contributed by atoms with E-state index in [1.165, 1.54) is 148 Å². The molecular weight excluding hydrogens is 961 g/mol. The summed E-state index contributed by atoms with van der Waals surface area (Å²) in [7, 11) is 0. The van der Waals surface area contributed by atoms with Gasteiger partial charge in [0.2, 0.25) is 0 Å². The average molecular weight is 1080 g/mol. The zero-order valence-electron chi connectivity index (χ0n) is 50.9. The first-order valence-electron chi connectivity index (χ1n) is 32.5. The van der Waals surface area contributed by atoms with Gasteiger partial charge in [-0.3, -0.25) is 14.4 Å². The van der Waals surface area contributed by atoms with Crippen molar-refractivity contribution in [3.63, 3.8) is 0 Å². The monoisotopic (exact) mass is 1080 g/mol. The summed E-state index contributed by atoms with van der Waals surface area (Å²) in [5, 5.41) is 0. The molecule has 0 aromatic carbocycles. The SMILES string of the molecule is CC/C=C\C/C=C\C/C=C\C/C=C\C/C=C\C/C=C\C/C=C\CCCC(=O)OC(COC(=O)CCCCCCCCCCCC/C=C\C/C=C\C/C=C\CCCCCCC)COC(=O)CCCCCCCCCCCCCC. The van der Waals surface area contributed by atoms with Crippen molar-refractivity contribution in [1.29, 1.82) is 0 Å². The van der Waals surface area contributed by atoms with Crippen molar-refractivity contribution in [2.75, 3.05) is 13.2 Å². The lowest BCUT2D eigenvalue weighted by molar-refractivity contribution is -0.167. The summed E-state index contributed by atoms with van der Waals surface area (Å²) in [6.45, 7) is 6.48. The molecule has 0 saturated carbocycles. The summed E-state index contributed by atoms with van der Waals surface area (Å²) in [4.78, 5) is 38.3. The van der Waals surface area contributed by atoms with Crippen molar-refractivity contribution in [3.8, 4) is 0 Å². The van der Waals surface area contributed by atoms with E-state index in [1.54, 1.807) is 0 Å². The molecule has 0 aliphatic rings. The molecule has 444 valence electrons. The van der Waals surface area contributed by atoms with Crippen LogP contribution in [0, 0.1) is 0 Å². The molecule has 0 aromatic rings. The normalized spacial score (nSPS) is 12.9. The highest BCUT2D eigenvalue weighted by molar-refractivity contribution is 5.71. The summed E-state index contributed by atoms with van der Waals surface area (Å²) >= 11 is 0. The fraction of sp³-hybridized carbons (Fsp3) is 0.681. The maximum atomic E-state index is 12.9. The lowest BCUT2D eigenvalue weighted by atomic mass is 10.0. The third kappa shape index (κ3) is 62.7. The van der Waals surface area contributed by atoms with E-state index in [1.807, 2.05) is 0 Å². The Morgan fingerprint density at radius 1 is 0.269 bits per heavy atom. The van der Waals surface area contributed by atoms with Crippen LogP contribution in [0.1, 0.15) is 297 Å². The van der Waals surface area contributed by atoms with E-state index in [0.29, 0.717) is 19.3 Å². The Morgan fingerprint density at radius 3 is 0.821 bits per heavy atom. The summed E-state index contributed by atoms with van der Waals surface area (Å²) in [5.41, 5.74) is 0. The lowest BCUT2D eigenvalue weighted by Gasteiger charge is -2.18. The molecule has 0 spiro atoms. The van der Waals surface area contributed by atoms with Crippen LogP contribution >= 0.6 is 0 Å². The molecule has 0 radical (unpaired) electrons. The van der Waals surface area contributed by atoms with E-state index >= 15 is 0 Å². The maximum Gasteiger partial charge on any atom is 0.306 e. The molecule has 0 N–H and O–H groups in total. The molecule has 0 bridgehead atoms. The minimum atomic E-state index is -0.813. The number of hydrogen-bond donors (Lipinski definition) is 0. The molecular formula is C72H120O6. The lowest BCUT2D eigenvalue weighted by Crippen LogP contribution is -2.30. The number of carbonyl (C=O) groups is 3. The Morgan fingerprint density at radius 2 is 0.513 bits per heavy atom. The fourth-order valence-corrected chi connectivity index (χ4v) is 8.85. The van der Waals surface area contributed by atoms with Gasteiger partial charge in [-0.25, -0.2) is 0 Å². The van der Waals surface area contributed by atoms with Crippen LogP contribution < -0.4 is 0 Å². The third-order valence-corrected chi connectivity index (χ3v) is 13.7. The number of ether oxygens (including phenoxy) is 3. The quantitative estimate of drug-likeness (QED) is 0.0261. The summed E-state index contributed by atoms with van der Waals surface area (Å²) < 4.78 is 16.9. The van der Waals surface area contributed by atoms with Crippen LogP contribution in [0.3, 0.4) is 0 Å². The summed E-state index contributed by atoms with van der Waals surface area (Å²) in [5.74, 6) is -0.962. The van der Waals surface area contributed by atoms with Gasteiger partial charge in [0.1, 0.15) is 13.2 Å². The molecule has 0 aliphatic heterocycles. The van der Waals surface area contributed by atoms with Crippen molar-refractivity contribution in [2.45, 2.75) is 303 Å². The van der Waals surface area contributed by atoms with Crippen LogP contribution in [0.5, 0.6) is 0 Å². The topological polar surface area (TPSA) is 78.9 Å². The van der Waals surface area contributed by atoms with E-state index < -0.39 is 6.10 Å². The Hall–Kier alpha value is -4.19. The number of unbranched alkanes of at least 4 members (excludes halogenated alkanes) is 27. The van der Waals surface area contributed by atoms with Crippen molar-refractivity contribution >= 4 is 17.9 Å². The highest BCUT2D eigenvalue weighted by Gasteiger charge is 2.19. The third-order valence-electron chi connectivity index (χ3n) is 13.7. The molecule has 0 heterocycles. The minimum absolute atomic E-state index is 0.103. The highest BCUT2D eigenvalue weighted by atomic mass is 16.6. The van der Waals surface area contributed by atoms with Gasteiger partial charge in [-0.2, -0.15) is 0 Å². The molecule has 0 saturated heterocycles. The predicted molar refractivity (Wildman–Crippen MR) is 339 cm³/mol. The van der Waals surface area contributed by atoms with Gasteiger partial charge >= 0.3 is 17.9 Å². The first kappa shape index (κ1) is 73.8. The molecule has 1 atom stereocenters. The molecule has 6 heteroatoms. The van der Waals surface area contributed by atoms with E-state index in [0.717, 1.165) is 103 Å². The van der Waals surface area contributed by atoms with Gasteiger partial charge < -0.3 is 14.2 Å². The number of carbonyl (C=O) groups excluding carboxylic acids is 3. The van der Waals surface area contributed by atoms with Crippen LogP contribution in [0.25, 0.3) is 0 Å². The van der Waals surface area contributed by atoms with Gasteiger partial charge in [0, 0.05) is 19.3 Å². The van der Waals surface area contributed by atoms with Gasteiger partial charge in [-0.1, -0.05) is 290 Å². The summed E-state index contributed by atoms with van der Waals surface area (Å²) in [6.07, 6.45) is 90.7. The molecule has 6 nitrogen and oxygen atoms in total. The predicted octanol–water partition coefficient (Wildman–Crippen LogP) is 22.4. The fourth-order valence-electron chi connectivity index (χ4n) is 8.85. The van der Waals surface area contributed by atoms with Gasteiger partial charge in [-0.05, 0) is 109 Å². The zero-order valence-corrected chi connectivity index (χ0v) is 50.9. The maximum absolute atomic E-state index is 12.9. The molecule has 0 rings (SSSR count). The van der Waals surface area contributed by atoms with Crippen LogP contribution in [-0.4, -0.2) is 37.2 Å². The second-order valence-corrected chi connectivity index (χ2v) is 21.3. The molecule has 0 fully saturated rings. The number of allylic oxidation sites excluding steroid dienone is 20. The van der Waals surface area contributed by atoms with Gasteiger partial charge in [0.05, 0.1) is 0 Å². The Kier molecular flexibility index (Phi) is 61.8. The summed E-state index contributed by atoms with van der Waals surface area (Å²) in [6, 6.07) is 0. The Labute approximate surface area is 482 Å². The largest absolute Gasteiger partial charge is 0.462 e. The highest BCUT2D eigenvalue weighted by Crippen LogP contribution is 2.15. The van der Waals surface area contributed by atoms with Crippen LogP contribution in [0.15, 0.2) is 122 Å². The Bertz CT molecular complexity index is 1620. The van der Waals surface area contributed by atoms with Crippen molar-refractivity contribution in [1.82, 2.24) is 0 Å². The number of esters is 3. The second-order valence-electron chi connectivity index (χ2n) is 21.3. The average Bonchev–Trinajstić information content (AvgIpc) is 3.44. The number of hydrogen-bond acceptors (Lipinski definition) is 6. The van der Waals surface area contributed by atoms with Crippen LogP contribution in [-0.2, 0) is 28.6 Å². The standard InChI is InChI=1S/C72H120O6/c1-4-7-10-13-16-19-22-25-27-29-31-33-35-36-38-39-41-43-45-47-50-53-56-59-62-65-71(74)77-68-69(67-76-70(73)64-61-58-55-52-49-24-21-18-15-12-9-6-3)78-72(75)66-63-60-57-54-51-48-46-44-42-40-37-34-32-30-28-26-23-20-17-14-11-8-5-2/h8,11,17,20,22,25-26,28-29,31-32,34-36,40,42,46,48,54,57,69H,4-7,9-10,12-16,18-19,21,23-24,27,30,33,37-39,41,43-45,47,49-53,55-56,58-68H2,1-3H3/b11-8-,20-17-,25-22-,28-26-,31-29-,34-32-,36-35-,42-40-,48-46-,57-54-. The molecule has 78 heavy (non-hydrogen) atoms. The van der Waals surface area contributed by atoms with Gasteiger partial charge in [-0.15, -0.1) is 0 Å². The smallest absolute Gasteiger partial charge is 0.306 e. The molecule has 0 aromatic heterocycles. The van der Waals surface area contributed by atoms with Gasteiger partial charge in [0.15, 0.2) is 6.10 Å². The molecule has 0 amide bonds.